The Bertz CT molecular complexity index is 1130. The lowest BCUT2D eigenvalue weighted by molar-refractivity contribution is -0.136. The summed E-state index contributed by atoms with van der Waals surface area (Å²) < 4.78 is 18.9. The van der Waals surface area contributed by atoms with Gasteiger partial charge in [0.2, 0.25) is 11.8 Å². The number of ether oxygens (including phenoxy) is 1. The van der Waals surface area contributed by atoms with Crippen molar-refractivity contribution in [2.75, 3.05) is 5.32 Å². The van der Waals surface area contributed by atoms with Crippen LogP contribution in [0.4, 0.5) is 14.9 Å². The van der Waals surface area contributed by atoms with Gasteiger partial charge in [0.1, 0.15) is 18.5 Å². The van der Waals surface area contributed by atoms with Gasteiger partial charge in [0.05, 0.1) is 0 Å². The number of benzene rings is 2. The lowest BCUT2D eigenvalue weighted by Gasteiger charge is -2.29. The molecule has 1 fully saturated rings. The zero-order chi connectivity index (χ0) is 23.0. The number of hydrogen-bond acceptors (Lipinski definition) is 5. The highest BCUT2D eigenvalue weighted by molar-refractivity contribution is 6.31. The highest BCUT2D eigenvalue weighted by Crippen LogP contribution is 2.28. The molecule has 0 bridgehead atoms. The van der Waals surface area contributed by atoms with Gasteiger partial charge in [-0.25, -0.2) is 9.18 Å². The molecule has 8 nitrogen and oxygen atoms in total. The maximum absolute atomic E-state index is 13.8. The van der Waals surface area contributed by atoms with Gasteiger partial charge in [-0.1, -0.05) is 23.7 Å². The van der Waals surface area contributed by atoms with Gasteiger partial charge in [0.15, 0.2) is 0 Å². The number of carbonyl (C=O) groups excluding carboxylic acids is 4. The van der Waals surface area contributed by atoms with Crippen LogP contribution >= 0.6 is 11.6 Å². The molecule has 0 spiro atoms. The highest BCUT2D eigenvalue weighted by atomic mass is 35.5. The standard InChI is InChI=1S/C22H19ClFN3O5/c1-11-16(23)7-14(8-17(11)24)25-22(31)32-10-12-2-3-13-9-27(21(30)15(13)6-12)18-4-5-19(28)26-20(18)29/h2-3,6-8,18H,4-5,9-10H2,1H3,(H,25,31)(H,26,28,29). The minimum Gasteiger partial charge on any atom is -0.444 e. The molecule has 32 heavy (non-hydrogen) atoms. The third-order valence-electron chi connectivity index (χ3n) is 5.49. The summed E-state index contributed by atoms with van der Waals surface area (Å²) in [4.78, 5) is 49.8. The largest absolute Gasteiger partial charge is 0.444 e. The Morgan fingerprint density at radius 2 is 2.06 bits per heavy atom. The fourth-order valence-electron chi connectivity index (χ4n) is 3.71. The van der Waals surface area contributed by atoms with Crippen LogP contribution in [0.15, 0.2) is 30.3 Å². The minimum atomic E-state index is -0.804. The highest BCUT2D eigenvalue weighted by Gasteiger charge is 2.39. The Morgan fingerprint density at radius 3 is 2.78 bits per heavy atom. The van der Waals surface area contributed by atoms with Crippen LogP contribution in [0.5, 0.6) is 0 Å². The van der Waals surface area contributed by atoms with Crippen LogP contribution in [0.1, 0.15) is 39.9 Å². The first kappa shape index (κ1) is 21.8. The topological polar surface area (TPSA) is 105 Å². The second-order valence-corrected chi connectivity index (χ2v) is 8.06. The van der Waals surface area contributed by atoms with Crippen molar-refractivity contribution in [3.05, 3.63) is 63.4 Å². The number of carbonyl (C=O) groups is 4. The van der Waals surface area contributed by atoms with E-state index >= 15 is 0 Å². The molecule has 2 aliphatic rings. The van der Waals surface area contributed by atoms with Crippen LogP contribution in [-0.2, 0) is 27.5 Å². The minimum absolute atomic E-state index is 0.118. The van der Waals surface area contributed by atoms with Crippen molar-refractivity contribution in [1.82, 2.24) is 10.2 Å². The van der Waals surface area contributed by atoms with Crippen molar-refractivity contribution in [1.29, 1.82) is 0 Å². The summed E-state index contributed by atoms with van der Waals surface area (Å²) in [6.45, 7) is 1.67. The molecule has 4 amide bonds. The smallest absolute Gasteiger partial charge is 0.411 e. The van der Waals surface area contributed by atoms with Gasteiger partial charge in [-0.3, -0.25) is 25.0 Å². The van der Waals surface area contributed by atoms with Gasteiger partial charge in [0.25, 0.3) is 5.91 Å². The number of halogens is 2. The molecular formula is C22H19ClFN3O5. The Labute approximate surface area is 187 Å². The molecule has 0 saturated carbocycles. The number of piperidine rings is 1. The van der Waals surface area contributed by atoms with Crippen LogP contribution in [0.2, 0.25) is 5.02 Å². The first-order chi connectivity index (χ1) is 15.2. The average molecular weight is 460 g/mol. The summed E-state index contributed by atoms with van der Waals surface area (Å²) in [6.07, 6.45) is -0.341. The summed E-state index contributed by atoms with van der Waals surface area (Å²) in [5, 5.41) is 4.85. The lowest BCUT2D eigenvalue weighted by atomic mass is 10.0. The quantitative estimate of drug-likeness (QED) is 0.682. The Hall–Kier alpha value is -3.46. The number of rotatable bonds is 4. The van der Waals surface area contributed by atoms with E-state index in [2.05, 4.69) is 10.6 Å². The predicted octanol–water partition coefficient (Wildman–Crippen LogP) is 3.30. The van der Waals surface area contributed by atoms with E-state index in [4.69, 9.17) is 16.3 Å². The van der Waals surface area contributed by atoms with E-state index in [1.165, 1.54) is 17.9 Å². The van der Waals surface area contributed by atoms with Gasteiger partial charge in [-0.15, -0.1) is 0 Å². The molecule has 10 heteroatoms. The molecule has 0 aliphatic carbocycles. The summed E-state index contributed by atoms with van der Waals surface area (Å²) >= 11 is 5.92. The van der Waals surface area contributed by atoms with Crippen molar-refractivity contribution in [3.8, 4) is 0 Å². The fraction of sp³-hybridized carbons (Fsp3) is 0.273. The molecule has 1 saturated heterocycles. The van der Waals surface area contributed by atoms with Crippen LogP contribution in [0.3, 0.4) is 0 Å². The van der Waals surface area contributed by atoms with Crippen molar-refractivity contribution in [3.63, 3.8) is 0 Å². The summed E-state index contributed by atoms with van der Waals surface area (Å²) in [5.74, 6) is -1.69. The number of imide groups is 1. The van der Waals surface area contributed by atoms with E-state index in [9.17, 15) is 23.6 Å². The fourth-order valence-corrected chi connectivity index (χ4v) is 3.92. The number of nitrogens with one attached hydrogen (secondary N) is 2. The third-order valence-corrected chi connectivity index (χ3v) is 5.88. The van der Waals surface area contributed by atoms with Gasteiger partial charge in [-0.2, -0.15) is 0 Å². The zero-order valence-electron chi connectivity index (χ0n) is 17.0. The SMILES string of the molecule is Cc1c(F)cc(NC(=O)OCc2ccc3c(c2)C(=O)N(C2CCC(=O)NC2=O)C3)cc1Cl. The van der Waals surface area contributed by atoms with Gasteiger partial charge in [-0.05, 0) is 42.7 Å². The molecular weight excluding hydrogens is 441 g/mol. The van der Waals surface area contributed by atoms with E-state index < -0.39 is 23.9 Å². The summed E-state index contributed by atoms with van der Waals surface area (Å²) in [5.41, 5.74) is 2.18. The maximum Gasteiger partial charge on any atom is 0.411 e. The molecule has 2 aromatic rings. The van der Waals surface area contributed by atoms with Crippen molar-refractivity contribution < 1.29 is 28.3 Å². The monoisotopic (exact) mass is 459 g/mol. The molecule has 2 N–H and O–H groups in total. The first-order valence-corrected chi connectivity index (χ1v) is 10.3. The molecule has 1 unspecified atom stereocenters. The third kappa shape index (κ3) is 4.29. The Balaban J connectivity index is 1.39. The van der Waals surface area contributed by atoms with Crippen LogP contribution in [0.25, 0.3) is 0 Å². The van der Waals surface area contributed by atoms with E-state index in [1.807, 2.05) is 0 Å². The second-order valence-electron chi connectivity index (χ2n) is 7.66. The van der Waals surface area contributed by atoms with E-state index in [1.54, 1.807) is 18.2 Å². The Morgan fingerprint density at radius 1 is 1.28 bits per heavy atom. The van der Waals surface area contributed by atoms with E-state index in [-0.39, 0.29) is 54.1 Å². The van der Waals surface area contributed by atoms with Crippen molar-refractivity contribution in [2.45, 2.75) is 39.0 Å². The molecule has 2 heterocycles. The zero-order valence-corrected chi connectivity index (χ0v) is 17.8. The van der Waals surface area contributed by atoms with Crippen molar-refractivity contribution in [2.24, 2.45) is 0 Å². The number of amides is 4. The first-order valence-electron chi connectivity index (χ1n) is 9.89. The maximum atomic E-state index is 13.8. The molecule has 4 rings (SSSR count). The second kappa shape index (κ2) is 8.58. The lowest BCUT2D eigenvalue weighted by Crippen LogP contribution is -2.52. The summed E-state index contributed by atoms with van der Waals surface area (Å²) in [6, 6.07) is 6.93. The van der Waals surface area contributed by atoms with Crippen LogP contribution < -0.4 is 10.6 Å². The number of nitrogens with zero attached hydrogens (tertiary/aromatic N) is 1. The van der Waals surface area contributed by atoms with Gasteiger partial charge >= 0.3 is 6.09 Å². The van der Waals surface area contributed by atoms with E-state index in [0.717, 1.165) is 11.6 Å². The average Bonchev–Trinajstić information content (AvgIpc) is 3.06. The van der Waals surface area contributed by atoms with Crippen LogP contribution in [-0.4, -0.2) is 34.8 Å². The normalized spacial score (nSPS) is 17.8. The number of hydrogen-bond donors (Lipinski definition) is 2. The molecule has 2 aliphatic heterocycles. The van der Waals surface area contributed by atoms with Gasteiger partial charge < -0.3 is 9.64 Å². The molecule has 0 radical (unpaired) electrons. The Kier molecular flexibility index (Phi) is 5.84. The molecule has 2 aromatic carbocycles. The predicted molar refractivity (Wildman–Crippen MR) is 112 cm³/mol. The molecule has 1 atom stereocenters. The molecule has 0 aromatic heterocycles. The number of fused-ring (bicyclic) bond motifs is 1. The van der Waals surface area contributed by atoms with E-state index in [0.29, 0.717) is 11.1 Å². The molecule has 166 valence electrons. The van der Waals surface area contributed by atoms with Crippen molar-refractivity contribution >= 4 is 41.1 Å². The number of anilines is 1. The van der Waals surface area contributed by atoms with Gasteiger partial charge in [0, 0.05) is 34.8 Å². The summed E-state index contributed by atoms with van der Waals surface area (Å²) in [7, 11) is 0. The van der Waals surface area contributed by atoms with Crippen LogP contribution in [0, 0.1) is 12.7 Å².